The summed E-state index contributed by atoms with van der Waals surface area (Å²) in [5.41, 5.74) is 3.20. The summed E-state index contributed by atoms with van der Waals surface area (Å²) < 4.78 is 0. The van der Waals surface area contributed by atoms with E-state index in [0.717, 1.165) is 5.75 Å². The SMILES string of the molecule is Cc1ccc(CSCC(=O)N2CCN(c3ccccc3[N+](=O)[O-])CC2)cc1. The molecule has 2 aromatic rings. The molecule has 0 aromatic heterocycles. The molecule has 3 rings (SSSR count). The van der Waals surface area contributed by atoms with Crippen molar-refractivity contribution < 1.29 is 9.72 Å². The predicted molar refractivity (Wildman–Crippen MR) is 109 cm³/mol. The maximum Gasteiger partial charge on any atom is 0.292 e. The van der Waals surface area contributed by atoms with Gasteiger partial charge in [-0.2, -0.15) is 0 Å². The third-order valence-electron chi connectivity index (χ3n) is 4.67. The van der Waals surface area contributed by atoms with Crippen LogP contribution in [0, 0.1) is 17.0 Å². The molecular formula is C20H23N3O3S. The molecule has 27 heavy (non-hydrogen) atoms. The van der Waals surface area contributed by atoms with Gasteiger partial charge in [-0.15, -0.1) is 11.8 Å². The van der Waals surface area contributed by atoms with Gasteiger partial charge in [0.2, 0.25) is 5.91 Å². The molecule has 0 unspecified atom stereocenters. The van der Waals surface area contributed by atoms with Crippen LogP contribution in [0.4, 0.5) is 11.4 Å². The lowest BCUT2D eigenvalue weighted by atomic mass is 10.2. The Labute approximate surface area is 163 Å². The second-order valence-electron chi connectivity index (χ2n) is 6.59. The van der Waals surface area contributed by atoms with E-state index >= 15 is 0 Å². The third-order valence-corrected chi connectivity index (χ3v) is 5.65. The normalized spacial score (nSPS) is 14.3. The maximum atomic E-state index is 12.4. The van der Waals surface area contributed by atoms with Crippen molar-refractivity contribution in [2.45, 2.75) is 12.7 Å². The number of rotatable bonds is 6. The van der Waals surface area contributed by atoms with E-state index in [1.54, 1.807) is 23.9 Å². The minimum atomic E-state index is -0.353. The highest BCUT2D eigenvalue weighted by atomic mass is 32.2. The second kappa shape index (κ2) is 8.90. The van der Waals surface area contributed by atoms with Gasteiger partial charge < -0.3 is 9.80 Å². The van der Waals surface area contributed by atoms with Gasteiger partial charge in [0.25, 0.3) is 5.69 Å². The first-order valence-electron chi connectivity index (χ1n) is 8.94. The first kappa shape index (κ1) is 19.2. The van der Waals surface area contributed by atoms with Crippen molar-refractivity contribution in [2.75, 3.05) is 36.8 Å². The average molecular weight is 385 g/mol. The summed E-state index contributed by atoms with van der Waals surface area (Å²) in [6.45, 7) is 4.47. The fourth-order valence-corrected chi connectivity index (χ4v) is 4.00. The molecule has 0 spiro atoms. The summed E-state index contributed by atoms with van der Waals surface area (Å²) in [7, 11) is 0. The molecular weight excluding hydrogens is 362 g/mol. The van der Waals surface area contributed by atoms with Gasteiger partial charge in [-0.1, -0.05) is 42.0 Å². The molecule has 1 aliphatic heterocycles. The highest BCUT2D eigenvalue weighted by Crippen LogP contribution is 2.28. The first-order chi connectivity index (χ1) is 13.0. The number of piperazine rings is 1. The van der Waals surface area contributed by atoms with Crippen LogP contribution in [-0.2, 0) is 10.5 Å². The van der Waals surface area contributed by atoms with Crippen molar-refractivity contribution in [3.63, 3.8) is 0 Å². The lowest BCUT2D eigenvalue weighted by Crippen LogP contribution is -2.49. The van der Waals surface area contributed by atoms with E-state index in [1.165, 1.54) is 17.2 Å². The molecule has 0 radical (unpaired) electrons. The molecule has 0 aliphatic carbocycles. The quantitative estimate of drug-likeness (QED) is 0.563. The number of hydrogen-bond acceptors (Lipinski definition) is 5. The topological polar surface area (TPSA) is 66.7 Å². The molecule has 0 atom stereocenters. The molecule has 6 nitrogen and oxygen atoms in total. The van der Waals surface area contributed by atoms with E-state index in [0.29, 0.717) is 37.6 Å². The van der Waals surface area contributed by atoms with E-state index in [-0.39, 0.29) is 16.5 Å². The minimum absolute atomic E-state index is 0.117. The van der Waals surface area contributed by atoms with Crippen molar-refractivity contribution in [3.05, 3.63) is 69.8 Å². The van der Waals surface area contributed by atoms with Crippen LogP contribution in [0.1, 0.15) is 11.1 Å². The Balaban J connectivity index is 1.48. The van der Waals surface area contributed by atoms with Gasteiger partial charge in [0, 0.05) is 38.0 Å². The molecule has 142 valence electrons. The number of carbonyl (C=O) groups is 1. The molecule has 1 amide bonds. The number of benzene rings is 2. The fourth-order valence-electron chi connectivity index (χ4n) is 3.11. The monoisotopic (exact) mass is 385 g/mol. The van der Waals surface area contributed by atoms with Crippen LogP contribution in [0.15, 0.2) is 48.5 Å². The van der Waals surface area contributed by atoms with Gasteiger partial charge in [-0.3, -0.25) is 14.9 Å². The number of nitro groups is 1. The Hall–Kier alpha value is -2.54. The number of nitro benzene ring substituents is 1. The summed E-state index contributed by atoms with van der Waals surface area (Å²) in [6.07, 6.45) is 0. The maximum absolute atomic E-state index is 12.4. The van der Waals surface area contributed by atoms with Gasteiger partial charge in [0.05, 0.1) is 10.7 Å². The number of nitrogens with zero attached hydrogens (tertiary/aromatic N) is 3. The summed E-state index contributed by atoms with van der Waals surface area (Å²) in [4.78, 5) is 27.1. The van der Waals surface area contributed by atoms with Crippen LogP contribution in [0.5, 0.6) is 0 Å². The highest BCUT2D eigenvalue weighted by Gasteiger charge is 2.25. The van der Waals surface area contributed by atoms with E-state index in [9.17, 15) is 14.9 Å². The predicted octanol–water partition coefficient (Wildman–Crippen LogP) is 3.49. The van der Waals surface area contributed by atoms with Crippen molar-refractivity contribution in [2.24, 2.45) is 0 Å². The highest BCUT2D eigenvalue weighted by molar-refractivity contribution is 7.99. The van der Waals surface area contributed by atoms with Crippen LogP contribution in [-0.4, -0.2) is 47.7 Å². The van der Waals surface area contributed by atoms with E-state index in [2.05, 4.69) is 31.2 Å². The number of carbonyl (C=O) groups excluding carboxylic acids is 1. The zero-order chi connectivity index (χ0) is 19.2. The van der Waals surface area contributed by atoms with Crippen LogP contribution in [0.3, 0.4) is 0 Å². The molecule has 0 N–H and O–H groups in total. The van der Waals surface area contributed by atoms with E-state index in [1.807, 2.05) is 15.9 Å². The Morgan fingerprint density at radius 3 is 2.41 bits per heavy atom. The number of para-hydroxylation sites is 2. The molecule has 0 bridgehead atoms. The lowest BCUT2D eigenvalue weighted by molar-refractivity contribution is -0.384. The van der Waals surface area contributed by atoms with Gasteiger partial charge in [-0.25, -0.2) is 0 Å². The minimum Gasteiger partial charge on any atom is -0.362 e. The van der Waals surface area contributed by atoms with Crippen molar-refractivity contribution in [3.8, 4) is 0 Å². The molecule has 1 heterocycles. The fraction of sp³-hybridized carbons (Fsp3) is 0.350. The second-order valence-corrected chi connectivity index (χ2v) is 7.58. The summed E-state index contributed by atoms with van der Waals surface area (Å²) >= 11 is 1.62. The Bertz CT molecular complexity index is 802. The summed E-state index contributed by atoms with van der Waals surface area (Å²) in [5, 5.41) is 11.2. The third kappa shape index (κ3) is 5.01. The molecule has 7 heteroatoms. The number of anilines is 1. The van der Waals surface area contributed by atoms with E-state index in [4.69, 9.17) is 0 Å². The Morgan fingerprint density at radius 2 is 1.74 bits per heavy atom. The molecule has 1 saturated heterocycles. The van der Waals surface area contributed by atoms with Crippen LogP contribution < -0.4 is 4.90 Å². The summed E-state index contributed by atoms with van der Waals surface area (Å²) in [5.74, 6) is 1.41. The lowest BCUT2D eigenvalue weighted by Gasteiger charge is -2.35. The number of aryl methyl sites for hydroxylation is 1. The van der Waals surface area contributed by atoms with Gasteiger partial charge in [0.15, 0.2) is 0 Å². The van der Waals surface area contributed by atoms with Crippen LogP contribution in [0.2, 0.25) is 0 Å². The summed E-state index contributed by atoms with van der Waals surface area (Å²) in [6, 6.07) is 15.1. The largest absolute Gasteiger partial charge is 0.362 e. The van der Waals surface area contributed by atoms with Crippen molar-refractivity contribution in [1.82, 2.24) is 4.90 Å². The first-order valence-corrected chi connectivity index (χ1v) is 10.1. The zero-order valence-electron chi connectivity index (χ0n) is 15.3. The Morgan fingerprint density at radius 1 is 1.07 bits per heavy atom. The smallest absolute Gasteiger partial charge is 0.292 e. The standard InChI is InChI=1S/C20H23N3O3S/c1-16-6-8-17(9-7-16)14-27-15-20(24)22-12-10-21(11-13-22)18-4-2-3-5-19(18)23(25)26/h2-9H,10-15H2,1H3. The number of hydrogen-bond donors (Lipinski definition) is 0. The van der Waals surface area contributed by atoms with Crippen LogP contribution in [0.25, 0.3) is 0 Å². The average Bonchev–Trinajstić information content (AvgIpc) is 2.69. The van der Waals surface area contributed by atoms with Gasteiger partial charge in [0.1, 0.15) is 5.69 Å². The van der Waals surface area contributed by atoms with Crippen LogP contribution >= 0.6 is 11.8 Å². The van der Waals surface area contributed by atoms with E-state index < -0.39 is 0 Å². The molecule has 1 fully saturated rings. The Kier molecular flexibility index (Phi) is 6.34. The van der Waals surface area contributed by atoms with Crippen molar-refractivity contribution in [1.29, 1.82) is 0 Å². The van der Waals surface area contributed by atoms with Crippen molar-refractivity contribution >= 4 is 29.0 Å². The molecule has 2 aromatic carbocycles. The number of amides is 1. The van der Waals surface area contributed by atoms with Gasteiger partial charge in [-0.05, 0) is 18.6 Å². The molecule has 1 aliphatic rings. The molecule has 0 saturated carbocycles. The number of thioether (sulfide) groups is 1. The van der Waals surface area contributed by atoms with Gasteiger partial charge >= 0.3 is 0 Å². The zero-order valence-corrected chi connectivity index (χ0v) is 16.2.